The molecule has 8 nitrogen and oxygen atoms in total. The maximum atomic E-state index is 13.6. The summed E-state index contributed by atoms with van der Waals surface area (Å²) < 4.78 is 26.7. The number of carbonyl (C=O) groups excluding carboxylic acids is 1. The van der Waals surface area contributed by atoms with E-state index in [0.29, 0.717) is 46.1 Å². The van der Waals surface area contributed by atoms with Crippen molar-refractivity contribution in [2.24, 2.45) is 13.0 Å². The highest BCUT2D eigenvalue weighted by molar-refractivity contribution is 5.99. The van der Waals surface area contributed by atoms with Crippen molar-refractivity contribution >= 4 is 16.8 Å². The largest absolute Gasteiger partial charge is 0.494 e. The lowest BCUT2D eigenvalue weighted by atomic mass is 9.89. The van der Waals surface area contributed by atoms with E-state index in [1.807, 2.05) is 19.3 Å². The van der Waals surface area contributed by atoms with Crippen molar-refractivity contribution < 1.29 is 23.8 Å². The molecule has 4 aromatic rings. The number of aryl methyl sites for hydroxylation is 1. The van der Waals surface area contributed by atoms with Gasteiger partial charge in [0.25, 0.3) is 5.91 Å². The van der Waals surface area contributed by atoms with Gasteiger partial charge in [-0.1, -0.05) is 6.92 Å². The number of ether oxygens (including phenoxy) is 2. The van der Waals surface area contributed by atoms with Crippen LogP contribution in [0.5, 0.6) is 11.5 Å². The van der Waals surface area contributed by atoms with E-state index in [0.717, 1.165) is 23.8 Å². The minimum absolute atomic E-state index is 0.00618. The molecule has 1 fully saturated rings. The first-order chi connectivity index (χ1) is 18.3. The van der Waals surface area contributed by atoms with Crippen LogP contribution in [0.1, 0.15) is 47.3 Å². The summed E-state index contributed by atoms with van der Waals surface area (Å²) in [5.41, 5.74) is 2.42. The van der Waals surface area contributed by atoms with E-state index in [-0.39, 0.29) is 30.1 Å². The number of amides is 1. The van der Waals surface area contributed by atoms with Gasteiger partial charge in [-0.3, -0.25) is 9.48 Å². The molecule has 0 unspecified atom stereocenters. The van der Waals surface area contributed by atoms with Crippen molar-refractivity contribution in [3.63, 3.8) is 0 Å². The van der Waals surface area contributed by atoms with Gasteiger partial charge in [0.1, 0.15) is 34.1 Å². The Morgan fingerprint density at radius 2 is 2.03 bits per heavy atom. The Balaban J connectivity index is 1.34. The Morgan fingerprint density at radius 3 is 2.74 bits per heavy atom. The molecular weight excluding hydrogens is 487 g/mol. The van der Waals surface area contributed by atoms with E-state index in [4.69, 9.17) is 14.5 Å². The number of halogens is 1. The van der Waals surface area contributed by atoms with E-state index >= 15 is 0 Å². The second kappa shape index (κ2) is 9.09. The Bertz CT molecular complexity index is 1550. The number of methoxy groups -OCH3 is 1. The molecule has 2 aromatic heterocycles. The lowest BCUT2D eigenvalue weighted by molar-refractivity contribution is 0.00950. The van der Waals surface area contributed by atoms with Crippen LogP contribution in [0.25, 0.3) is 22.2 Å². The third kappa shape index (κ3) is 4.16. The molecule has 0 bridgehead atoms. The number of nitrogens with zero attached hydrogens (tertiary/aromatic N) is 3. The maximum absolute atomic E-state index is 13.6. The first kappa shape index (κ1) is 24.4. The zero-order valence-corrected chi connectivity index (χ0v) is 21.5. The van der Waals surface area contributed by atoms with Gasteiger partial charge >= 0.3 is 0 Å². The fourth-order valence-corrected chi connectivity index (χ4v) is 5.23. The highest BCUT2D eigenvalue weighted by Gasteiger charge is 2.47. The molecule has 1 amide bonds. The molecule has 2 atom stereocenters. The highest BCUT2D eigenvalue weighted by atomic mass is 19.1. The minimum atomic E-state index is -1.37. The summed E-state index contributed by atoms with van der Waals surface area (Å²) in [5.74, 6) is 0.569. The molecule has 0 radical (unpaired) electrons. The Labute approximate surface area is 219 Å². The van der Waals surface area contributed by atoms with E-state index in [1.54, 1.807) is 36.1 Å². The summed E-state index contributed by atoms with van der Waals surface area (Å²) in [7, 11) is 3.35. The van der Waals surface area contributed by atoms with Crippen molar-refractivity contribution in [3.05, 3.63) is 71.3 Å². The number of rotatable bonds is 7. The second-order valence-electron chi connectivity index (χ2n) is 10.3. The summed E-state index contributed by atoms with van der Waals surface area (Å²) >= 11 is 0. The fraction of sp³-hybridized carbons (Fsp3) is 0.345. The molecule has 0 spiro atoms. The average Bonchev–Trinajstić information content (AvgIpc) is 3.62. The molecule has 1 saturated carbocycles. The quantitative estimate of drug-likeness (QED) is 0.380. The average molecular weight is 517 g/mol. The van der Waals surface area contributed by atoms with Crippen molar-refractivity contribution in [1.82, 2.24) is 20.1 Å². The Morgan fingerprint density at radius 1 is 1.26 bits per heavy atom. The molecule has 0 saturated heterocycles. The van der Waals surface area contributed by atoms with Crippen LogP contribution in [-0.4, -0.2) is 46.0 Å². The third-order valence-corrected chi connectivity index (χ3v) is 7.51. The standard InChI is InChI=1S/C29H29FN4O4/c1-16-14-38-27-22(16)12-24(32-26(27)17-4-8-21(30)9-5-17)29(36,20-6-7-20)15-31-28(35)18-10-19-13-34(2)33-25(19)23(11-18)37-3/h4-5,8-13,16,20,36H,6-7,14-15H2,1-3H3,(H,31,35)/t16-,29-/m1/s1. The molecule has 38 heavy (non-hydrogen) atoms. The Kier molecular flexibility index (Phi) is 5.83. The lowest BCUT2D eigenvalue weighted by Crippen LogP contribution is -2.43. The molecule has 9 heteroatoms. The normalized spacial score (nSPS) is 18.1. The van der Waals surface area contributed by atoms with Crippen LogP contribution in [0.2, 0.25) is 0 Å². The zero-order chi connectivity index (χ0) is 26.6. The van der Waals surface area contributed by atoms with Gasteiger partial charge in [-0.05, 0) is 61.2 Å². The van der Waals surface area contributed by atoms with Crippen LogP contribution in [0.3, 0.4) is 0 Å². The maximum Gasteiger partial charge on any atom is 0.251 e. The summed E-state index contributed by atoms with van der Waals surface area (Å²) in [4.78, 5) is 18.1. The topological polar surface area (TPSA) is 98.5 Å². The molecule has 3 heterocycles. The van der Waals surface area contributed by atoms with Gasteiger partial charge in [0.2, 0.25) is 0 Å². The molecular formula is C29H29FN4O4. The summed E-state index contributed by atoms with van der Waals surface area (Å²) in [6.45, 7) is 2.56. The number of benzene rings is 2. The predicted octanol–water partition coefficient (Wildman–Crippen LogP) is 4.31. The van der Waals surface area contributed by atoms with Gasteiger partial charge in [0.05, 0.1) is 26.0 Å². The van der Waals surface area contributed by atoms with E-state index in [2.05, 4.69) is 17.3 Å². The van der Waals surface area contributed by atoms with Crippen molar-refractivity contribution in [3.8, 4) is 22.8 Å². The summed E-state index contributed by atoms with van der Waals surface area (Å²) in [5, 5.41) is 20.1. The van der Waals surface area contributed by atoms with E-state index in [1.165, 1.54) is 12.1 Å². The van der Waals surface area contributed by atoms with Crippen molar-refractivity contribution in [1.29, 1.82) is 0 Å². The van der Waals surface area contributed by atoms with Gasteiger partial charge in [0.15, 0.2) is 0 Å². The van der Waals surface area contributed by atoms with Crippen molar-refractivity contribution in [2.45, 2.75) is 31.3 Å². The molecule has 2 aromatic carbocycles. The van der Waals surface area contributed by atoms with Gasteiger partial charge in [0, 0.05) is 41.2 Å². The Hall–Kier alpha value is -3.98. The van der Waals surface area contributed by atoms with E-state index in [9.17, 15) is 14.3 Å². The minimum Gasteiger partial charge on any atom is -0.494 e. The number of carbonyl (C=O) groups is 1. The number of hydrogen-bond donors (Lipinski definition) is 2. The second-order valence-corrected chi connectivity index (χ2v) is 10.3. The fourth-order valence-electron chi connectivity index (χ4n) is 5.23. The van der Waals surface area contributed by atoms with Crippen LogP contribution in [0, 0.1) is 11.7 Å². The zero-order valence-electron chi connectivity index (χ0n) is 21.5. The smallest absolute Gasteiger partial charge is 0.251 e. The van der Waals surface area contributed by atoms with Gasteiger partial charge in [-0.2, -0.15) is 5.10 Å². The lowest BCUT2D eigenvalue weighted by Gasteiger charge is -2.29. The summed E-state index contributed by atoms with van der Waals surface area (Å²) in [6, 6.07) is 11.4. The molecule has 2 aliphatic rings. The van der Waals surface area contributed by atoms with Gasteiger partial charge in [-0.25, -0.2) is 9.37 Å². The first-order valence-corrected chi connectivity index (χ1v) is 12.7. The number of hydrogen-bond acceptors (Lipinski definition) is 6. The summed E-state index contributed by atoms with van der Waals surface area (Å²) in [6.07, 6.45) is 3.49. The number of nitrogens with one attached hydrogen (secondary N) is 1. The number of aliphatic hydroxyl groups is 1. The van der Waals surface area contributed by atoms with E-state index < -0.39 is 5.60 Å². The first-order valence-electron chi connectivity index (χ1n) is 12.7. The van der Waals surface area contributed by atoms with Crippen LogP contribution < -0.4 is 14.8 Å². The molecule has 1 aliphatic heterocycles. The number of pyridine rings is 1. The number of aromatic nitrogens is 3. The highest BCUT2D eigenvalue weighted by Crippen LogP contribution is 2.48. The third-order valence-electron chi connectivity index (χ3n) is 7.51. The number of fused-ring (bicyclic) bond motifs is 2. The van der Waals surface area contributed by atoms with Gasteiger partial charge in [-0.15, -0.1) is 0 Å². The van der Waals surface area contributed by atoms with Crippen molar-refractivity contribution in [2.75, 3.05) is 20.3 Å². The van der Waals surface area contributed by atoms with Crippen LogP contribution >= 0.6 is 0 Å². The molecule has 1 aliphatic carbocycles. The monoisotopic (exact) mass is 516 g/mol. The SMILES string of the molecule is COc1cc(C(=O)NC[C@](O)(c2cc3c(c(-c4ccc(F)cc4)n2)OC[C@H]3C)C2CC2)cc2cn(C)nc12. The van der Waals surface area contributed by atoms with Crippen LogP contribution in [-0.2, 0) is 12.6 Å². The van der Waals surface area contributed by atoms with Gasteiger partial charge < -0.3 is 19.9 Å². The molecule has 196 valence electrons. The van der Waals surface area contributed by atoms with Crippen LogP contribution in [0.4, 0.5) is 4.39 Å². The molecule has 6 rings (SSSR count). The van der Waals surface area contributed by atoms with Crippen LogP contribution in [0.15, 0.2) is 48.7 Å². The predicted molar refractivity (Wildman–Crippen MR) is 140 cm³/mol. The molecule has 2 N–H and O–H groups in total.